The molecule has 0 amide bonds. The second kappa shape index (κ2) is 6.19. The first-order valence-corrected chi connectivity index (χ1v) is 6.83. The molecule has 1 unspecified atom stereocenters. The first-order valence-electron chi connectivity index (χ1n) is 6.83. The van der Waals surface area contributed by atoms with E-state index in [-0.39, 0.29) is 11.3 Å². The van der Waals surface area contributed by atoms with E-state index in [1.54, 1.807) is 0 Å². The molecule has 0 bridgehead atoms. The van der Waals surface area contributed by atoms with Gasteiger partial charge in [-0.1, -0.05) is 41.5 Å². The van der Waals surface area contributed by atoms with E-state index >= 15 is 0 Å². The van der Waals surface area contributed by atoms with E-state index in [2.05, 4.69) is 62.3 Å². The van der Waals surface area contributed by atoms with Crippen LogP contribution in [0.1, 0.15) is 53.3 Å². The molecule has 108 valence electrons. The zero-order valence-electron chi connectivity index (χ0n) is 12.9. The SMILES string of the molecule is CC(C)c1nc(NN)cc(NCC(C)C(C)(C)C)n1. The molecule has 0 radical (unpaired) electrons. The molecule has 1 aromatic heterocycles. The van der Waals surface area contributed by atoms with Gasteiger partial charge in [0.15, 0.2) is 0 Å². The van der Waals surface area contributed by atoms with Gasteiger partial charge in [-0.15, -0.1) is 0 Å². The van der Waals surface area contributed by atoms with E-state index in [9.17, 15) is 0 Å². The van der Waals surface area contributed by atoms with Crippen molar-refractivity contribution in [1.82, 2.24) is 9.97 Å². The summed E-state index contributed by atoms with van der Waals surface area (Å²) in [5.41, 5.74) is 2.86. The predicted molar refractivity (Wildman–Crippen MR) is 81.0 cm³/mol. The van der Waals surface area contributed by atoms with Gasteiger partial charge in [0.2, 0.25) is 0 Å². The zero-order valence-corrected chi connectivity index (χ0v) is 12.9. The van der Waals surface area contributed by atoms with Crippen molar-refractivity contribution in [3.05, 3.63) is 11.9 Å². The van der Waals surface area contributed by atoms with Crippen molar-refractivity contribution in [2.75, 3.05) is 17.3 Å². The van der Waals surface area contributed by atoms with Crippen molar-refractivity contribution in [1.29, 1.82) is 0 Å². The first kappa shape index (κ1) is 15.7. The molecule has 1 atom stereocenters. The van der Waals surface area contributed by atoms with E-state index in [4.69, 9.17) is 5.84 Å². The highest BCUT2D eigenvalue weighted by atomic mass is 15.3. The molecule has 1 rings (SSSR count). The van der Waals surface area contributed by atoms with Crippen LogP contribution in [0.3, 0.4) is 0 Å². The first-order chi connectivity index (χ1) is 8.74. The third kappa shape index (κ3) is 4.67. The van der Waals surface area contributed by atoms with Crippen LogP contribution in [0.5, 0.6) is 0 Å². The van der Waals surface area contributed by atoms with Crippen LogP contribution in [0.2, 0.25) is 0 Å². The molecule has 1 aromatic rings. The normalized spacial score (nSPS) is 13.5. The summed E-state index contributed by atoms with van der Waals surface area (Å²) >= 11 is 0. The number of nitrogens with one attached hydrogen (secondary N) is 2. The maximum Gasteiger partial charge on any atom is 0.145 e. The number of nitrogen functional groups attached to an aromatic ring is 1. The number of rotatable bonds is 5. The number of nitrogens with zero attached hydrogens (tertiary/aromatic N) is 2. The van der Waals surface area contributed by atoms with Crippen molar-refractivity contribution in [2.45, 2.75) is 47.5 Å². The summed E-state index contributed by atoms with van der Waals surface area (Å²) in [6.07, 6.45) is 0. The molecule has 0 saturated heterocycles. The van der Waals surface area contributed by atoms with Crippen LogP contribution in [0, 0.1) is 11.3 Å². The smallest absolute Gasteiger partial charge is 0.145 e. The third-order valence-corrected chi connectivity index (χ3v) is 3.48. The lowest BCUT2D eigenvalue weighted by molar-refractivity contribution is 0.274. The van der Waals surface area contributed by atoms with Gasteiger partial charge in [-0.3, -0.25) is 0 Å². The minimum Gasteiger partial charge on any atom is -0.370 e. The van der Waals surface area contributed by atoms with Gasteiger partial charge in [0.05, 0.1) is 0 Å². The summed E-state index contributed by atoms with van der Waals surface area (Å²) in [4.78, 5) is 8.86. The van der Waals surface area contributed by atoms with Crippen molar-refractivity contribution < 1.29 is 0 Å². The van der Waals surface area contributed by atoms with Gasteiger partial charge in [0.1, 0.15) is 17.5 Å². The molecular formula is C14H27N5. The predicted octanol–water partition coefficient (Wildman–Crippen LogP) is 2.98. The van der Waals surface area contributed by atoms with Crippen LogP contribution in [0.15, 0.2) is 6.07 Å². The van der Waals surface area contributed by atoms with E-state index in [0.717, 1.165) is 18.2 Å². The summed E-state index contributed by atoms with van der Waals surface area (Å²) in [5.74, 6) is 8.52. The number of hydrogen-bond donors (Lipinski definition) is 3. The summed E-state index contributed by atoms with van der Waals surface area (Å²) in [5, 5.41) is 3.37. The number of hydrogen-bond acceptors (Lipinski definition) is 5. The largest absolute Gasteiger partial charge is 0.370 e. The van der Waals surface area contributed by atoms with E-state index in [1.807, 2.05) is 6.07 Å². The van der Waals surface area contributed by atoms with Crippen molar-refractivity contribution >= 4 is 11.6 Å². The van der Waals surface area contributed by atoms with E-state index < -0.39 is 0 Å². The Labute approximate surface area is 116 Å². The molecule has 0 fully saturated rings. The Bertz CT molecular complexity index is 409. The van der Waals surface area contributed by atoms with Crippen molar-refractivity contribution in [3.63, 3.8) is 0 Å². The van der Waals surface area contributed by atoms with Gasteiger partial charge in [0.25, 0.3) is 0 Å². The van der Waals surface area contributed by atoms with Crippen LogP contribution < -0.4 is 16.6 Å². The minimum absolute atomic E-state index is 0.272. The average molecular weight is 265 g/mol. The maximum atomic E-state index is 5.44. The maximum absolute atomic E-state index is 5.44. The monoisotopic (exact) mass is 265 g/mol. The molecule has 5 nitrogen and oxygen atoms in total. The van der Waals surface area contributed by atoms with Crippen LogP contribution in [-0.4, -0.2) is 16.5 Å². The summed E-state index contributed by atoms with van der Waals surface area (Å²) in [6.45, 7) is 14.0. The number of hydrazine groups is 1. The molecule has 0 aliphatic carbocycles. The highest BCUT2D eigenvalue weighted by molar-refractivity contribution is 5.47. The Morgan fingerprint density at radius 1 is 1.16 bits per heavy atom. The Hall–Kier alpha value is -1.36. The fourth-order valence-electron chi connectivity index (χ4n) is 1.45. The number of aromatic nitrogens is 2. The van der Waals surface area contributed by atoms with Gasteiger partial charge in [0, 0.05) is 18.5 Å². The lowest BCUT2D eigenvalue weighted by Gasteiger charge is -2.27. The second-order valence-electron chi connectivity index (χ2n) is 6.44. The van der Waals surface area contributed by atoms with Crippen LogP contribution in [-0.2, 0) is 0 Å². The Morgan fingerprint density at radius 3 is 2.21 bits per heavy atom. The van der Waals surface area contributed by atoms with Gasteiger partial charge in [-0.2, -0.15) is 0 Å². The molecule has 5 heteroatoms. The van der Waals surface area contributed by atoms with Crippen LogP contribution >= 0.6 is 0 Å². The highest BCUT2D eigenvalue weighted by Crippen LogP contribution is 2.25. The molecule has 0 aliphatic heterocycles. The Kier molecular flexibility index (Phi) is 5.11. The standard InChI is InChI=1S/C14H27N5/c1-9(2)13-17-11(7-12(18-13)19-15)16-8-10(3)14(4,5)6/h7,9-10H,8,15H2,1-6H3,(H2,16,17,18,19). The van der Waals surface area contributed by atoms with E-state index in [1.165, 1.54) is 0 Å². The fraction of sp³-hybridized carbons (Fsp3) is 0.714. The molecule has 0 aliphatic rings. The van der Waals surface area contributed by atoms with E-state index in [0.29, 0.717) is 11.7 Å². The van der Waals surface area contributed by atoms with Crippen molar-refractivity contribution in [3.8, 4) is 0 Å². The van der Waals surface area contributed by atoms with Gasteiger partial charge in [-0.05, 0) is 11.3 Å². The van der Waals surface area contributed by atoms with Gasteiger partial charge in [-0.25, -0.2) is 15.8 Å². The van der Waals surface area contributed by atoms with Crippen molar-refractivity contribution in [2.24, 2.45) is 17.2 Å². The lowest BCUT2D eigenvalue weighted by atomic mass is 9.82. The molecule has 4 N–H and O–H groups in total. The second-order valence-corrected chi connectivity index (χ2v) is 6.44. The quantitative estimate of drug-likeness (QED) is 0.563. The zero-order chi connectivity index (χ0) is 14.6. The number of nitrogens with two attached hydrogens (primary N) is 1. The summed E-state index contributed by atoms with van der Waals surface area (Å²) in [6, 6.07) is 1.83. The molecule has 19 heavy (non-hydrogen) atoms. The average Bonchev–Trinajstić information content (AvgIpc) is 2.34. The summed E-state index contributed by atoms with van der Waals surface area (Å²) in [7, 11) is 0. The molecule has 0 aromatic carbocycles. The Balaban J connectivity index is 2.80. The molecule has 1 heterocycles. The van der Waals surface area contributed by atoms with Gasteiger partial charge < -0.3 is 10.7 Å². The third-order valence-electron chi connectivity index (χ3n) is 3.48. The lowest BCUT2D eigenvalue weighted by Crippen LogP contribution is -2.25. The van der Waals surface area contributed by atoms with Gasteiger partial charge >= 0.3 is 0 Å². The highest BCUT2D eigenvalue weighted by Gasteiger charge is 2.19. The number of anilines is 2. The molecular weight excluding hydrogens is 238 g/mol. The molecule has 0 saturated carbocycles. The van der Waals surface area contributed by atoms with Crippen LogP contribution in [0.4, 0.5) is 11.6 Å². The topological polar surface area (TPSA) is 75.9 Å². The summed E-state index contributed by atoms with van der Waals surface area (Å²) < 4.78 is 0. The van der Waals surface area contributed by atoms with Crippen LogP contribution in [0.25, 0.3) is 0 Å². The minimum atomic E-state index is 0.272. The fourth-order valence-corrected chi connectivity index (χ4v) is 1.45. The Morgan fingerprint density at radius 2 is 1.74 bits per heavy atom. The molecule has 0 spiro atoms.